The number of carbonyl (C=O) groups is 2. The number of halogens is 2. The van der Waals surface area contributed by atoms with Crippen LogP contribution in [0.1, 0.15) is 16.8 Å². The second-order valence-electron chi connectivity index (χ2n) is 3.78. The molecule has 0 aliphatic heterocycles. The Kier molecular flexibility index (Phi) is 6.05. The molecule has 1 amide bonds. The van der Waals surface area contributed by atoms with Crippen LogP contribution in [0.4, 0.5) is 0 Å². The van der Waals surface area contributed by atoms with E-state index in [0.29, 0.717) is 15.1 Å². The molecule has 1 atom stereocenters. The van der Waals surface area contributed by atoms with E-state index < -0.39 is 12.0 Å². The lowest BCUT2D eigenvalue weighted by Gasteiger charge is -2.16. The van der Waals surface area contributed by atoms with Crippen LogP contribution in [-0.4, -0.2) is 25.0 Å². The van der Waals surface area contributed by atoms with Crippen molar-refractivity contribution in [3.05, 3.63) is 45.9 Å². The first-order valence-corrected chi connectivity index (χ1v) is 6.58. The van der Waals surface area contributed by atoms with Gasteiger partial charge in [0, 0.05) is 17.0 Å². The first kappa shape index (κ1) is 15.7. The quantitative estimate of drug-likeness (QED) is 0.834. The van der Waals surface area contributed by atoms with Gasteiger partial charge in [0.1, 0.15) is 6.04 Å². The Balaban J connectivity index is 2.78. The third-order valence-corrected chi connectivity index (χ3v) is 2.90. The minimum absolute atomic E-state index is 0.256. The molecule has 0 radical (unpaired) electrons. The molecule has 0 fully saturated rings. The molecule has 0 bridgehead atoms. The number of nitrogens with one attached hydrogen (secondary N) is 1. The van der Waals surface area contributed by atoms with Crippen molar-refractivity contribution in [3.8, 4) is 0 Å². The molecule has 102 valence electrons. The van der Waals surface area contributed by atoms with E-state index in [0.717, 1.165) is 0 Å². The Morgan fingerprint density at radius 2 is 2.00 bits per heavy atom. The Morgan fingerprint density at radius 3 is 2.47 bits per heavy atom. The van der Waals surface area contributed by atoms with Gasteiger partial charge >= 0.3 is 5.97 Å². The SMILES string of the molecule is C=C(Br)C[C@H](NC(=O)c1ccc(Cl)cc1)C(=O)OC. The normalized spacial score (nSPS) is 11.5. The van der Waals surface area contributed by atoms with Crippen LogP contribution in [0.3, 0.4) is 0 Å². The summed E-state index contributed by atoms with van der Waals surface area (Å²) in [5.41, 5.74) is 0.415. The number of ether oxygens (including phenoxy) is 1. The fourth-order valence-electron chi connectivity index (χ4n) is 1.40. The molecular formula is C13H13BrClNO3. The summed E-state index contributed by atoms with van der Waals surface area (Å²) in [5.74, 6) is -0.899. The van der Waals surface area contributed by atoms with Gasteiger partial charge in [0.25, 0.3) is 5.91 Å². The largest absolute Gasteiger partial charge is 0.467 e. The highest BCUT2D eigenvalue weighted by atomic mass is 79.9. The van der Waals surface area contributed by atoms with E-state index in [1.165, 1.54) is 7.11 Å². The Morgan fingerprint density at radius 1 is 1.42 bits per heavy atom. The second-order valence-corrected chi connectivity index (χ2v) is 5.34. The van der Waals surface area contributed by atoms with Crippen molar-refractivity contribution in [3.63, 3.8) is 0 Å². The van der Waals surface area contributed by atoms with Gasteiger partial charge in [-0.05, 0) is 28.7 Å². The van der Waals surface area contributed by atoms with Gasteiger partial charge in [-0.15, -0.1) is 0 Å². The highest BCUT2D eigenvalue weighted by Crippen LogP contribution is 2.13. The lowest BCUT2D eigenvalue weighted by Crippen LogP contribution is -2.41. The monoisotopic (exact) mass is 345 g/mol. The van der Waals surface area contributed by atoms with Gasteiger partial charge in [0.15, 0.2) is 0 Å². The average molecular weight is 347 g/mol. The predicted octanol–water partition coefficient (Wildman–Crippen LogP) is 2.91. The summed E-state index contributed by atoms with van der Waals surface area (Å²) in [7, 11) is 1.26. The van der Waals surface area contributed by atoms with Gasteiger partial charge in [-0.2, -0.15) is 0 Å². The van der Waals surface area contributed by atoms with Crippen molar-refractivity contribution in [2.75, 3.05) is 7.11 Å². The zero-order valence-electron chi connectivity index (χ0n) is 10.3. The Labute approximate surface area is 124 Å². The van der Waals surface area contributed by atoms with E-state index in [2.05, 4.69) is 32.6 Å². The zero-order chi connectivity index (χ0) is 14.4. The lowest BCUT2D eigenvalue weighted by molar-refractivity contribution is -0.142. The fourth-order valence-corrected chi connectivity index (χ4v) is 1.85. The maximum absolute atomic E-state index is 12.0. The van der Waals surface area contributed by atoms with Gasteiger partial charge in [0.05, 0.1) is 7.11 Å². The van der Waals surface area contributed by atoms with Crippen LogP contribution in [0.5, 0.6) is 0 Å². The molecule has 0 aliphatic carbocycles. The molecule has 1 N–H and O–H groups in total. The summed E-state index contributed by atoms with van der Waals surface area (Å²) in [6, 6.07) is 5.59. The van der Waals surface area contributed by atoms with Crippen LogP contribution >= 0.6 is 27.5 Å². The molecule has 6 heteroatoms. The standard InChI is InChI=1S/C13H13BrClNO3/c1-8(14)7-11(13(18)19-2)16-12(17)9-3-5-10(15)6-4-9/h3-6,11H,1,7H2,2H3,(H,16,17)/t11-/m0/s1. The summed E-state index contributed by atoms with van der Waals surface area (Å²) in [6.45, 7) is 3.64. The second kappa shape index (κ2) is 7.31. The van der Waals surface area contributed by atoms with Crippen LogP contribution in [0.25, 0.3) is 0 Å². The molecule has 0 aliphatic rings. The number of methoxy groups -OCH3 is 1. The van der Waals surface area contributed by atoms with Crippen molar-refractivity contribution in [2.45, 2.75) is 12.5 Å². The van der Waals surface area contributed by atoms with Gasteiger partial charge in [-0.3, -0.25) is 4.79 Å². The van der Waals surface area contributed by atoms with E-state index in [4.69, 9.17) is 11.6 Å². The fraction of sp³-hybridized carbons (Fsp3) is 0.231. The highest BCUT2D eigenvalue weighted by Gasteiger charge is 2.22. The molecular weight excluding hydrogens is 334 g/mol. The van der Waals surface area contributed by atoms with Crippen molar-refractivity contribution in [1.82, 2.24) is 5.32 Å². The van der Waals surface area contributed by atoms with Gasteiger partial charge in [0.2, 0.25) is 0 Å². The van der Waals surface area contributed by atoms with E-state index in [-0.39, 0.29) is 12.3 Å². The molecule has 0 spiro atoms. The first-order valence-electron chi connectivity index (χ1n) is 5.41. The molecule has 1 aromatic carbocycles. The molecule has 0 saturated heterocycles. The van der Waals surface area contributed by atoms with Crippen molar-refractivity contribution >= 4 is 39.4 Å². The maximum Gasteiger partial charge on any atom is 0.328 e. The summed E-state index contributed by atoms with van der Waals surface area (Å²) in [5, 5.41) is 3.12. The van der Waals surface area contributed by atoms with Crippen molar-refractivity contribution in [2.24, 2.45) is 0 Å². The van der Waals surface area contributed by atoms with Crippen LogP contribution in [0.15, 0.2) is 35.3 Å². The smallest absolute Gasteiger partial charge is 0.328 e. The van der Waals surface area contributed by atoms with Crippen LogP contribution < -0.4 is 5.32 Å². The van der Waals surface area contributed by atoms with Crippen LogP contribution in [0.2, 0.25) is 5.02 Å². The van der Waals surface area contributed by atoms with E-state index >= 15 is 0 Å². The van der Waals surface area contributed by atoms with Gasteiger partial charge in [-0.1, -0.05) is 34.1 Å². The summed E-state index contributed by atoms with van der Waals surface area (Å²) in [4.78, 5) is 23.5. The number of benzene rings is 1. The van der Waals surface area contributed by atoms with E-state index in [1.807, 2.05) is 0 Å². The van der Waals surface area contributed by atoms with E-state index in [1.54, 1.807) is 24.3 Å². The molecule has 0 aromatic heterocycles. The maximum atomic E-state index is 12.0. The van der Waals surface area contributed by atoms with E-state index in [9.17, 15) is 9.59 Å². The molecule has 0 unspecified atom stereocenters. The number of hydrogen-bond acceptors (Lipinski definition) is 3. The molecule has 0 saturated carbocycles. The lowest BCUT2D eigenvalue weighted by atomic mass is 10.1. The minimum Gasteiger partial charge on any atom is -0.467 e. The summed E-state index contributed by atoms with van der Waals surface area (Å²) < 4.78 is 5.23. The number of rotatable bonds is 5. The zero-order valence-corrected chi connectivity index (χ0v) is 12.6. The average Bonchev–Trinajstić information content (AvgIpc) is 2.37. The first-order chi connectivity index (χ1) is 8.93. The third kappa shape index (κ3) is 5.04. The third-order valence-electron chi connectivity index (χ3n) is 2.32. The predicted molar refractivity (Wildman–Crippen MR) is 77.4 cm³/mol. The minimum atomic E-state index is -0.778. The van der Waals surface area contributed by atoms with Crippen LogP contribution in [-0.2, 0) is 9.53 Å². The van der Waals surface area contributed by atoms with Crippen molar-refractivity contribution in [1.29, 1.82) is 0 Å². The summed E-state index contributed by atoms with van der Waals surface area (Å²) in [6.07, 6.45) is 0.256. The van der Waals surface area contributed by atoms with Crippen LogP contribution in [0, 0.1) is 0 Å². The number of hydrogen-bond donors (Lipinski definition) is 1. The topological polar surface area (TPSA) is 55.4 Å². The molecule has 19 heavy (non-hydrogen) atoms. The highest BCUT2D eigenvalue weighted by molar-refractivity contribution is 9.11. The number of amides is 1. The molecule has 4 nitrogen and oxygen atoms in total. The summed E-state index contributed by atoms with van der Waals surface area (Å²) >= 11 is 8.90. The van der Waals surface area contributed by atoms with Crippen molar-refractivity contribution < 1.29 is 14.3 Å². The Hall–Kier alpha value is -1.33. The van der Waals surface area contributed by atoms with Gasteiger partial charge in [-0.25, -0.2) is 4.79 Å². The molecule has 0 heterocycles. The Bertz CT molecular complexity index is 487. The number of esters is 1. The molecule has 1 aromatic rings. The number of carbonyl (C=O) groups excluding carboxylic acids is 2. The van der Waals surface area contributed by atoms with Gasteiger partial charge < -0.3 is 10.1 Å². The molecule has 1 rings (SSSR count).